The number of hydrogen-bond acceptors (Lipinski definition) is 4. The van der Waals surface area contributed by atoms with Gasteiger partial charge in [-0.05, 0) is 42.3 Å². The van der Waals surface area contributed by atoms with Gasteiger partial charge in [0, 0.05) is 16.5 Å². The molecule has 6 nitrogen and oxygen atoms in total. The lowest BCUT2D eigenvalue weighted by atomic mass is 10.0. The van der Waals surface area contributed by atoms with Crippen molar-refractivity contribution in [2.24, 2.45) is 5.92 Å². The SMILES string of the molecule is C=Cc1n[nH]c2ccc(-c3cc(-c4ccccc4OCC(C)C)[nH]c(=O)n3)cc12. The number of nitrogens with one attached hydrogen (secondary N) is 2. The molecule has 2 N–H and O–H groups in total. The minimum atomic E-state index is -0.410. The van der Waals surface area contributed by atoms with Crippen LogP contribution in [0.5, 0.6) is 5.75 Å². The van der Waals surface area contributed by atoms with Crippen LogP contribution in [0.2, 0.25) is 0 Å². The van der Waals surface area contributed by atoms with Crippen molar-refractivity contribution in [3.8, 4) is 28.3 Å². The van der Waals surface area contributed by atoms with Gasteiger partial charge in [0.05, 0.1) is 29.2 Å². The van der Waals surface area contributed by atoms with Gasteiger partial charge in [0.1, 0.15) is 5.75 Å². The monoisotopic (exact) mass is 386 g/mol. The average Bonchev–Trinajstić information content (AvgIpc) is 3.14. The van der Waals surface area contributed by atoms with Gasteiger partial charge in [0.15, 0.2) is 0 Å². The van der Waals surface area contributed by atoms with Gasteiger partial charge in [-0.15, -0.1) is 0 Å². The summed E-state index contributed by atoms with van der Waals surface area (Å²) in [6.45, 7) is 8.59. The maximum absolute atomic E-state index is 12.3. The molecule has 0 fully saturated rings. The molecule has 0 amide bonds. The van der Waals surface area contributed by atoms with E-state index in [9.17, 15) is 4.79 Å². The lowest BCUT2D eigenvalue weighted by Crippen LogP contribution is -2.12. The van der Waals surface area contributed by atoms with E-state index in [1.807, 2.05) is 48.5 Å². The maximum Gasteiger partial charge on any atom is 0.345 e. The molecule has 0 saturated carbocycles. The molecule has 146 valence electrons. The zero-order chi connectivity index (χ0) is 20.4. The fourth-order valence-corrected chi connectivity index (χ4v) is 3.17. The van der Waals surface area contributed by atoms with Crippen LogP contribution >= 0.6 is 0 Å². The van der Waals surface area contributed by atoms with Crippen molar-refractivity contribution < 1.29 is 4.74 Å². The van der Waals surface area contributed by atoms with E-state index in [4.69, 9.17) is 4.74 Å². The molecule has 0 aliphatic carbocycles. The first-order valence-electron chi connectivity index (χ1n) is 9.49. The zero-order valence-corrected chi connectivity index (χ0v) is 16.4. The summed E-state index contributed by atoms with van der Waals surface area (Å²) in [6, 6.07) is 15.3. The average molecular weight is 386 g/mol. The van der Waals surface area contributed by atoms with Crippen LogP contribution in [0.1, 0.15) is 19.5 Å². The number of aromatic amines is 2. The van der Waals surface area contributed by atoms with E-state index < -0.39 is 5.69 Å². The lowest BCUT2D eigenvalue weighted by molar-refractivity contribution is 0.272. The predicted octanol–water partition coefficient (Wildman–Crippen LogP) is 4.66. The molecule has 0 saturated heterocycles. The quantitative estimate of drug-likeness (QED) is 0.505. The summed E-state index contributed by atoms with van der Waals surface area (Å²) in [5.74, 6) is 1.13. The van der Waals surface area contributed by atoms with Gasteiger partial charge in [-0.3, -0.25) is 5.10 Å². The molecule has 0 unspecified atom stereocenters. The molecular weight excluding hydrogens is 364 g/mol. The summed E-state index contributed by atoms with van der Waals surface area (Å²) in [5.41, 5.74) is 4.16. The van der Waals surface area contributed by atoms with Crippen molar-refractivity contribution in [3.05, 3.63) is 71.3 Å². The second-order valence-electron chi connectivity index (χ2n) is 7.26. The molecule has 6 heteroatoms. The number of nitrogens with zero attached hydrogens (tertiary/aromatic N) is 2. The molecule has 0 spiro atoms. The van der Waals surface area contributed by atoms with Gasteiger partial charge >= 0.3 is 5.69 Å². The van der Waals surface area contributed by atoms with Crippen LogP contribution in [0, 0.1) is 5.92 Å². The van der Waals surface area contributed by atoms with Crippen molar-refractivity contribution in [1.82, 2.24) is 20.2 Å². The molecule has 0 radical (unpaired) electrons. The third-order valence-electron chi connectivity index (χ3n) is 4.58. The van der Waals surface area contributed by atoms with Crippen LogP contribution in [-0.2, 0) is 0 Å². The molecular formula is C23H22N4O2. The van der Waals surface area contributed by atoms with E-state index in [1.54, 1.807) is 6.08 Å². The summed E-state index contributed by atoms with van der Waals surface area (Å²) < 4.78 is 5.95. The predicted molar refractivity (Wildman–Crippen MR) is 116 cm³/mol. The van der Waals surface area contributed by atoms with Crippen molar-refractivity contribution in [2.75, 3.05) is 6.61 Å². The first-order valence-corrected chi connectivity index (χ1v) is 9.49. The van der Waals surface area contributed by atoms with Crippen LogP contribution in [0.15, 0.2) is 59.9 Å². The second-order valence-corrected chi connectivity index (χ2v) is 7.26. The van der Waals surface area contributed by atoms with Gasteiger partial charge in [-0.1, -0.05) is 38.6 Å². The first kappa shape index (κ1) is 18.7. The summed E-state index contributed by atoms with van der Waals surface area (Å²) in [7, 11) is 0. The number of para-hydroxylation sites is 1. The number of H-pyrrole nitrogens is 2. The van der Waals surface area contributed by atoms with Gasteiger partial charge in [-0.2, -0.15) is 10.1 Å². The summed E-state index contributed by atoms with van der Waals surface area (Å²) >= 11 is 0. The topological polar surface area (TPSA) is 83.7 Å². The summed E-state index contributed by atoms with van der Waals surface area (Å²) in [6.07, 6.45) is 1.70. The largest absolute Gasteiger partial charge is 0.493 e. The van der Waals surface area contributed by atoms with Crippen LogP contribution in [0.4, 0.5) is 0 Å². The molecule has 2 heterocycles. The Morgan fingerprint density at radius 3 is 2.79 bits per heavy atom. The van der Waals surface area contributed by atoms with E-state index in [0.717, 1.165) is 33.5 Å². The number of aromatic nitrogens is 4. The van der Waals surface area contributed by atoms with Crippen molar-refractivity contribution in [3.63, 3.8) is 0 Å². The molecule has 0 aliphatic rings. The number of benzene rings is 2. The molecule has 4 aromatic rings. The third-order valence-corrected chi connectivity index (χ3v) is 4.58. The van der Waals surface area contributed by atoms with Gasteiger partial charge < -0.3 is 9.72 Å². The number of rotatable bonds is 6. The van der Waals surface area contributed by atoms with Crippen molar-refractivity contribution >= 4 is 17.0 Å². The molecule has 0 aliphatic heterocycles. The Morgan fingerprint density at radius 1 is 1.17 bits per heavy atom. The van der Waals surface area contributed by atoms with Crippen LogP contribution in [0.3, 0.4) is 0 Å². The fraction of sp³-hybridized carbons (Fsp3) is 0.174. The number of ether oxygens (including phenoxy) is 1. The van der Waals surface area contributed by atoms with Gasteiger partial charge in [0.25, 0.3) is 0 Å². The first-order chi connectivity index (χ1) is 14.0. The van der Waals surface area contributed by atoms with E-state index >= 15 is 0 Å². The van der Waals surface area contributed by atoms with E-state index in [2.05, 4.69) is 40.6 Å². The highest BCUT2D eigenvalue weighted by molar-refractivity contribution is 5.90. The Balaban J connectivity index is 1.80. The molecule has 0 atom stereocenters. The Hall–Kier alpha value is -3.67. The fourth-order valence-electron chi connectivity index (χ4n) is 3.17. The van der Waals surface area contributed by atoms with Crippen molar-refractivity contribution in [2.45, 2.75) is 13.8 Å². The minimum absolute atomic E-state index is 0.399. The van der Waals surface area contributed by atoms with E-state index in [0.29, 0.717) is 23.9 Å². The summed E-state index contributed by atoms with van der Waals surface area (Å²) in [5, 5.41) is 8.13. The normalized spacial score (nSPS) is 11.1. The Labute approximate surface area is 168 Å². The van der Waals surface area contributed by atoms with Crippen LogP contribution < -0.4 is 10.4 Å². The Kier molecular flexibility index (Phi) is 4.99. The van der Waals surface area contributed by atoms with Gasteiger partial charge in [-0.25, -0.2) is 4.79 Å². The third kappa shape index (κ3) is 3.82. The molecule has 2 aromatic carbocycles. The minimum Gasteiger partial charge on any atom is -0.493 e. The van der Waals surface area contributed by atoms with E-state index in [-0.39, 0.29) is 0 Å². The highest BCUT2D eigenvalue weighted by Crippen LogP contribution is 2.31. The molecule has 0 bridgehead atoms. The maximum atomic E-state index is 12.3. The van der Waals surface area contributed by atoms with Gasteiger partial charge in [0.2, 0.25) is 0 Å². The second kappa shape index (κ2) is 7.75. The Morgan fingerprint density at radius 2 is 2.00 bits per heavy atom. The Bertz CT molecular complexity index is 1240. The zero-order valence-electron chi connectivity index (χ0n) is 16.4. The van der Waals surface area contributed by atoms with Crippen molar-refractivity contribution in [1.29, 1.82) is 0 Å². The number of fused-ring (bicyclic) bond motifs is 1. The molecule has 29 heavy (non-hydrogen) atoms. The van der Waals surface area contributed by atoms with Crippen LogP contribution in [0.25, 0.3) is 39.5 Å². The number of hydrogen-bond donors (Lipinski definition) is 2. The summed E-state index contributed by atoms with van der Waals surface area (Å²) in [4.78, 5) is 19.3. The highest BCUT2D eigenvalue weighted by Gasteiger charge is 2.12. The van der Waals surface area contributed by atoms with E-state index in [1.165, 1.54) is 0 Å². The standard InChI is InChI=1S/C23H22N4O2/c1-4-18-17-11-15(9-10-19(17)27-26-18)20-12-21(25-23(28)24-20)16-7-5-6-8-22(16)29-13-14(2)3/h4-12,14H,1,13H2,2-3H3,(H,26,27)(H,24,25,28). The lowest BCUT2D eigenvalue weighted by Gasteiger charge is -2.13. The smallest absolute Gasteiger partial charge is 0.345 e. The van der Waals surface area contributed by atoms with Crippen LogP contribution in [-0.4, -0.2) is 26.8 Å². The highest BCUT2D eigenvalue weighted by atomic mass is 16.5. The molecule has 4 rings (SSSR count). The molecule has 2 aromatic heterocycles.